The number of likely N-dealkylation sites (N-methyl/N-ethyl adjacent to an activating group) is 1. The summed E-state index contributed by atoms with van der Waals surface area (Å²) in [4.78, 5) is 28.2. The third kappa shape index (κ3) is 6.91. The van der Waals surface area contributed by atoms with Crippen molar-refractivity contribution in [2.75, 3.05) is 13.7 Å². The Balaban J connectivity index is 1.92. The molecule has 3 aromatic rings. The highest BCUT2D eigenvalue weighted by Crippen LogP contribution is 2.18. The third-order valence-electron chi connectivity index (χ3n) is 5.40. The van der Waals surface area contributed by atoms with Crippen LogP contribution in [0.1, 0.15) is 23.6 Å². The molecule has 0 aliphatic carbocycles. The van der Waals surface area contributed by atoms with Crippen molar-refractivity contribution in [1.82, 2.24) is 10.2 Å². The van der Waals surface area contributed by atoms with Crippen molar-refractivity contribution < 1.29 is 18.7 Å². The number of benzene rings is 3. The predicted molar refractivity (Wildman–Crippen MR) is 126 cm³/mol. The fourth-order valence-corrected chi connectivity index (χ4v) is 3.65. The van der Waals surface area contributed by atoms with Crippen molar-refractivity contribution in [3.8, 4) is 5.75 Å². The summed E-state index contributed by atoms with van der Waals surface area (Å²) in [5.74, 6) is -0.0405. The Labute approximate surface area is 194 Å². The molecule has 2 amide bonds. The Kier molecular flexibility index (Phi) is 8.58. The minimum absolute atomic E-state index is 0.135. The monoisotopic (exact) mass is 448 g/mol. The molecule has 0 bridgehead atoms. The van der Waals surface area contributed by atoms with Crippen molar-refractivity contribution in [3.63, 3.8) is 0 Å². The van der Waals surface area contributed by atoms with Crippen molar-refractivity contribution in [2.24, 2.45) is 0 Å². The molecule has 6 heteroatoms. The second kappa shape index (κ2) is 11.8. The van der Waals surface area contributed by atoms with Gasteiger partial charge in [0, 0.05) is 19.5 Å². The molecule has 0 aliphatic rings. The molecule has 0 aromatic heterocycles. The minimum Gasteiger partial charge on any atom is -0.497 e. The summed E-state index contributed by atoms with van der Waals surface area (Å²) in [6.45, 7) is 2.51. The van der Waals surface area contributed by atoms with E-state index in [0.717, 1.165) is 16.7 Å². The van der Waals surface area contributed by atoms with Gasteiger partial charge in [0.2, 0.25) is 11.8 Å². The zero-order valence-electron chi connectivity index (χ0n) is 19.0. The van der Waals surface area contributed by atoms with E-state index < -0.39 is 6.04 Å². The predicted octanol–water partition coefficient (Wildman–Crippen LogP) is 4.15. The molecule has 0 radical (unpaired) electrons. The van der Waals surface area contributed by atoms with Gasteiger partial charge in [0.25, 0.3) is 0 Å². The summed E-state index contributed by atoms with van der Waals surface area (Å²) in [5.41, 5.74) is 2.52. The van der Waals surface area contributed by atoms with Gasteiger partial charge in [-0.1, -0.05) is 54.6 Å². The van der Waals surface area contributed by atoms with Crippen LogP contribution in [0.4, 0.5) is 4.39 Å². The molecule has 33 heavy (non-hydrogen) atoms. The molecule has 1 N–H and O–H groups in total. The zero-order valence-corrected chi connectivity index (χ0v) is 19.0. The van der Waals surface area contributed by atoms with Crippen LogP contribution in [-0.4, -0.2) is 36.4 Å². The first kappa shape index (κ1) is 24.0. The number of carbonyl (C=O) groups is 2. The Morgan fingerprint density at radius 3 is 2.15 bits per heavy atom. The van der Waals surface area contributed by atoms with Gasteiger partial charge in [0.1, 0.15) is 17.6 Å². The lowest BCUT2D eigenvalue weighted by Crippen LogP contribution is -2.50. The van der Waals surface area contributed by atoms with E-state index in [1.165, 1.54) is 12.1 Å². The van der Waals surface area contributed by atoms with E-state index in [-0.39, 0.29) is 30.6 Å². The number of amides is 2. The maximum absolute atomic E-state index is 13.5. The van der Waals surface area contributed by atoms with E-state index in [4.69, 9.17) is 4.74 Å². The Bertz CT molecular complexity index is 1040. The normalized spacial score (nSPS) is 11.5. The number of ether oxygens (including phenoxy) is 1. The van der Waals surface area contributed by atoms with Crippen molar-refractivity contribution >= 4 is 11.8 Å². The van der Waals surface area contributed by atoms with E-state index in [1.807, 2.05) is 49.4 Å². The van der Waals surface area contributed by atoms with Gasteiger partial charge in [-0.3, -0.25) is 9.59 Å². The van der Waals surface area contributed by atoms with E-state index in [9.17, 15) is 14.0 Å². The standard InChI is InChI=1S/C27H29FN2O3/c1-3-29-27(32)25(17-20-7-5-4-6-8-20)30(19-22-9-13-23(28)14-10-22)26(31)18-21-11-15-24(33-2)16-12-21/h4-16,25H,3,17-19H2,1-2H3,(H,29,32). The molecule has 0 saturated carbocycles. The van der Waals surface area contributed by atoms with E-state index in [1.54, 1.807) is 36.3 Å². The lowest BCUT2D eigenvalue weighted by Gasteiger charge is -2.31. The number of nitrogens with one attached hydrogen (secondary N) is 1. The van der Waals surface area contributed by atoms with Crippen LogP contribution in [0.2, 0.25) is 0 Å². The van der Waals surface area contributed by atoms with Gasteiger partial charge in [-0.15, -0.1) is 0 Å². The summed E-state index contributed by atoms with van der Waals surface area (Å²) in [6, 6.07) is 22.2. The number of hydrogen-bond acceptors (Lipinski definition) is 3. The fraction of sp³-hybridized carbons (Fsp3) is 0.259. The topological polar surface area (TPSA) is 58.6 Å². The lowest BCUT2D eigenvalue weighted by atomic mass is 10.0. The first-order chi connectivity index (χ1) is 16.0. The molecule has 0 saturated heterocycles. The van der Waals surface area contributed by atoms with Gasteiger partial charge < -0.3 is 15.0 Å². The zero-order chi connectivity index (χ0) is 23.6. The smallest absolute Gasteiger partial charge is 0.243 e. The first-order valence-electron chi connectivity index (χ1n) is 11.0. The maximum atomic E-state index is 13.5. The molecule has 0 heterocycles. The van der Waals surface area contributed by atoms with Gasteiger partial charge in [-0.2, -0.15) is 0 Å². The van der Waals surface area contributed by atoms with Crippen LogP contribution in [0.15, 0.2) is 78.9 Å². The third-order valence-corrected chi connectivity index (χ3v) is 5.40. The van der Waals surface area contributed by atoms with E-state index in [2.05, 4.69) is 5.32 Å². The van der Waals surface area contributed by atoms with Crippen molar-refractivity contribution in [3.05, 3.63) is 101 Å². The summed E-state index contributed by atoms with van der Waals surface area (Å²) in [6.07, 6.45) is 0.512. The largest absolute Gasteiger partial charge is 0.497 e. The number of hydrogen-bond donors (Lipinski definition) is 1. The second-order valence-electron chi connectivity index (χ2n) is 7.77. The molecule has 1 atom stereocenters. The highest BCUT2D eigenvalue weighted by molar-refractivity contribution is 5.88. The first-order valence-corrected chi connectivity index (χ1v) is 11.0. The summed E-state index contributed by atoms with van der Waals surface area (Å²) in [7, 11) is 1.59. The second-order valence-corrected chi connectivity index (χ2v) is 7.77. The van der Waals surface area contributed by atoms with E-state index in [0.29, 0.717) is 18.7 Å². The molecule has 1 unspecified atom stereocenters. The summed E-state index contributed by atoms with van der Waals surface area (Å²) in [5, 5.41) is 2.87. The number of carbonyl (C=O) groups excluding carboxylic acids is 2. The van der Waals surface area contributed by atoms with Crippen LogP contribution >= 0.6 is 0 Å². The van der Waals surface area contributed by atoms with Gasteiger partial charge in [-0.05, 0) is 47.9 Å². The Morgan fingerprint density at radius 2 is 1.55 bits per heavy atom. The highest BCUT2D eigenvalue weighted by atomic mass is 19.1. The Hall–Kier alpha value is -3.67. The quantitative estimate of drug-likeness (QED) is 0.507. The van der Waals surface area contributed by atoms with Crippen LogP contribution in [0.3, 0.4) is 0 Å². The molecule has 3 rings (SSSR count). The average molecular weight is 449 g/mol. The number of nitrogens with zero attached hydrogens (tertiary/aromatic N) is 1. The van der Waals surface area contributed by atoms with Gasteiger partial charge in [0.15, 0.2) is 0 Å². The van der Waals surface area contributed by atoms with Crippen LogP contribution in [0, 0.1) is 5.82 Å². The average Bonchev–Trinajstić information content (AvgIpc) is 2.83. The molecule has 0 spiro atoms. The van der Waals surface area contributed by atoms with E-state index >= 15 is 0 Å². The van der Waals surface area contributed by atoms with Crippen LogP contribution in [0.5, 0.6) is 5.75 Å². The highest BCUT2D eigenvalue weighted by Gasteiger charge is 2.30. The molecular weight excluding hydrogens is 419 g/mol. The minimum atomic E-state index is -0.705. The van der Waals surface area contributed by atoms with Crippen LogP contribution < -0.4 is 10.1 Å². The molecular formula is C27H29FN2O3. The van der Waals surface area contributed by atoms with Gasteiger partial charge >= 0.3 is 0 Å². The number of halogens is 1. The number of methoxy groups -OCH3 is 1. The molecule has 0 aliphatic heterocycles. The lowest BCUT2D eigenvalue weighted by molar-refractivity contribution is -0.140. The molecule has 5 nitrogen and oxygen atoms in total. The van der Waals surface area contributed by atoms with Crippen molar-refractivity contribution in [1.29, 1.82) is 0 Å². The summed E-state index contributed by atoms with van der Waals surface area (Å²) >= 11 is 0. The van der Waals surface area contributed by atoms with Crippen molar-refractivity contribution in [2.45, 2.75) is 32.4 Å². The van der Waals surface area contributed by atoms with Crippen LogP contribution in [-0.2, 0) is 29.0 Å². The SMILES string of the molecule is CCNC(=O)C(Cc1ccccc1)N(Cc1ccc(F)cc1)C(=O)Cc1ccc(OC)cc1. The number of rotatable bonds is 10. The fourth-order valence-electron chi connectivity index (χ4n) is 3.65. The molecule has 3 aromatic carbocycles. The molecule has 172 valence electrons. The van der Waals surface area contributed by atoms with Gasteiger partial charge in [0.05, 0.1) is 13.5 Å². The molecule has 0 fully saturated rings. The van der Waals surface area contributed by atoms with Crippen LogP contribution in [0.25, 0.3) is 0 Å². The summed E-state index contributed by atoms with van der Waals surface area (Å²) < 4.78 is 18.6. The maximum Gasteiger partial charge on any atom is 0.243 e. The Morgan fingerprint density at radius 1 is 0.909 bits per heavy atom. The van der Waals surface area contributed by atoms with Gasteiger partial charge in [-0.25, -0.2) is 4.39 Å².